The topological polar surface area (TPSA) is 68.8 Å². The Morgan fingerprint density at radius 3 is 3.00 bits per heavy atom. The van der Waals surface area contributed by atoms with Crippen molar-refractivity contribution < 1.29 is 0 Å². The largest absolute Gasteiger partial charge is 0.321 e. The van der Waals surface area contributed by atoms with E-state index in [-0.39, 0.29) is 6.04 Å². The smallest absolute Gasteiger partial charge is 0.167 e. The van der Waals surface area contributed by atoms with Crippen LogP contribution in [0.2, 0.25) is 0 Å². The van der Waals surface area contributed by atoms with Gasteiger partial charge in [0.2, 0.25) is 0 Å². The van der Waals surface area contributed by atoms with Crippen molar-refractivity contribution in [1.29, 1.82) is 0 Å². The summed E-state index contributed by atoms with van der Waals surface area (Å²) in [6, 6.07) is 0.441. The predicted molar refractivity (Wildman–Crippen MR) is 56.2 cm³/mol. The van der Waals surface area contributed by atoms with Gasteiger partial charge in [0, 0.05) is 6.54 Å². The van der Waals surface area contributed by atoms with Crippen LogP contribution in [-0.2, 0) is 6.54 Å². The third-order valence-corrected chi connectivity index (χ3v) is 3.31. The SMILES string of the molecule is NC1CCCn2nc(C3CCCN3)nc21. The lowest BCUT2D eigenvalue weighted by Crippen LogP contribution is -2.22. The monoisotopic (exact) mass is 207 g/mol. The summed E-state index contributed by atoms with van der Waals surface area (Å²) in [4.78, 5) is 4.58. The van der Waals surface area contributed by atoms with Crippen LogP contribution in [0, 0.1) is 0 Å². The van der Waals surface area contributed by atoms with E-state index in [4.69, 9.17) is 5.73 Å². The highest BCUT2D eigenvalue weighted by Crippen LogP contribution is 2.25. The minimum absolute atomic E-state index is 0.0846. The Bertz CT molecular complexity index is 353. The van der Waals surface area contributed by atoms with Gasteiger partial charge in [0.05, 0.1) is 12.1 Å². The third-order valence-electron chi connectivity index (χ3n) is 3.31. The first-order chi connectivity index (χ1) is 7.34. The van der Waals surface area contributed by atoms with E-state index in [2.05, 4.69) is 15.4 Å². The molecule has 0 aliphatic carbocycles. The molecule has 2 unspecified atom stereocenters. The van der Waals surface area contributed by atoms with Gasteiger partial charge >= 0.3 is 0 Å². The van der Waals surface area contributed by atoms with Crippen molar-refractivity contribution >= 4 is 0 Å². The van der Waals surface area contributed by atoms with E-state index in [1.807, 2.05) is 4.68 Å². The van der Waals surface area contributed by atoms with Gasteiger partial charge < -0.3 is 11.1 Å². The fraction of sp³-hybridized carbons (Fsp3) is 0.800. The highest BCUT2D eigenvalue weighted by atomic mass is 15.4. The van der Waals surface area contributed by atoms with Crippen LogP contribution in [0.15, 0.2) is 0 Å². The number of nitrogens with one attached hydrogen (secondary N) is 1. The number of aromatic nitrogens is 3. The van der Waals surface area contributed by atoms with Gasteiger partial charge in [-0.1, -0.05) is 0 Å². The number of aryl methyl sites for hydroxylation is 1. The Morgan fingerprint density at radius 2 is 2.27 bits per heavy atom. The zero-order valence-corrected chi connectivity index (χ0v) is 8.82. The highest BCUT2D eigenvalue weighted by molar-refractivity contribution is 5.05. The molecular weight excluding hydrogens is 190 g/mol. The minimum Gasteiger partial charge on any atom is -0.321 e. The first-order valence-electron chi connectivity index (χ1n) is 5.78. The molecule has 0 bridgehead atoms. The fourth-order valence-electron chi connectivity index (χ4n) is 2.45. The molecule has 5 heteroatoms. The van der Waals surface area contributed by atoms with Crippen LogP contribution in [0.4, 0.5) is 0 Å². The van der Waals surface area contributed by atoms with E-state index in [1.54, 1.807) is 0 Å². The van der Waals surface area contributed by atoms with E-state index >= 15 is 0 Å². The number of fused-ring (bicyclic) bond motifs is 1. The summed E-state index contributed by atoms with van der Waals surface area (Å²) >= 11 is 0. The van der Waals surface area contributed by atoms with Gasteiger partial charge in [0.25, 0.3) is 0 Å². The zero-order chi connectivity index (χ0) is 10.3. The number of hydrogen-bond donors (Lipinski definition) is 2. The van der Waals surface area contributed by atoms with Crippen LogP contribution in [-0.4, -0.2) is 21.3 Å². The molecule has 3 rings (SSSR count). The van der Waals surface area contributed by atoms with Gasteiger partial charge in [0.1, 0.15) is 5.82 Å². The molecule has 0 amide bonds. The van der Waals surface area contributed by atoms with Crippen LogP contribution in [0.25, 0.3) is 0 Å². The normalized spacial score (nSPS) is 30.5. The van der Waals surface area contributed by atoms with Gasteiger partial charge in [-0.25, -0.2) is 9.67 Å². The molecule has 0 spiro atoms. The second-order valence-electron chi connectivity index (χ2n) is 4.45. The van der Waals surface area contributed by atoms with Crippen molar-refractivity contribution in [2.45, 2.75) is 44.3 Å². The van der Waals surface area contributed by atoms with Crippen molar-refractivity contribution in [2.75, 3.05) is 6.54 Å². The standard InChI is InChI=1S/C10H17N5/c11-7-3-2-6-15-10(7)13-9(14-15)8-4-1-5-12-8/h7-8,12H,1-6,11H2. The number of nitrogens with zero attached hydrogens (tertiary/aromatic N) is 3. The molecule has 2 aliphatic rings. The van der Waals surface area contributed by atoms with Crippen LogP contribution >= 0.6 is 0 Å². The van der Waals surface area contributed by atoms with E-state index < -0.39 is 0 Å². The molecule has 3 heterocycles. The summed E-state index contributed by atoms with van der Waals surface area (Å²) < 4.78 is 1.99. The van der Waals surface area contributed by atoms with Crippen LogP contribution in [0.5, 0.6) is 0 Å². The van der Waals surface area contributed by atoms with Crippen molar-refractivity contribution in [1.82, 2.24) is 20.1 Å². The predicted octanol–water partition coefficient (Wildman–Crippen LogP) is 0.496. The Morgan fingerprint density at radius 1 is 1.33 bits per heavy atom. The molecule has 2 atom stereocenters. The molecule has 1 fully saturated rings. The molecule has 1 aromatic rings. The molecule has 0 aromatic carbocycles. The Kier molecular flexibility index (Phi) is 2.21. The second kappa shape index (κ2) is 3.57. The van der Waals surface area contributed by atoms with Crippen molar-refractivity contribution in [3.8, 4) is 0 Å². The van der Waals surface area contributed by atoms with E-state index in [0.29, 0.717) is 6.04 Å². The van der Waals surface area contributed by atoms with Crippen molar-refractivity contribution in [3.63, 3.8) is 0 Å². The molecule has 82 valence electrons. The maximum atomic E-state index is 6.01. The Labute approximate surface area is 89.1 Å². The van der Waals surface area contributed by atoms with E-state index in [0.717, 1.165) is 44.0 Å². The molecular formula is C10H17N5. The van der Waals surface area contributed by atoms with E-state index in [9.17, 15) is 0 Å². The zero-order valence-electron chi connectivity index (χ0n) is 8.82. The molecule has 2 aliphatic heterocycles. The maximum Gasteiger partial charge on any atom is 0.167 e. The summed E-state index contributed by atoms with van der Waals surface area (Å²) in [6.45, 7) is 2.06. The fourth-order valence-corrected chi connectivity index (χ4v) is 2.45. The van der Waals surface area contributed by atoms with Gasteiger partial charge in [0.15, 0.2) is 5.82 Å². The van der Waals surface area contributed by atoms with Crippen LogP contribution in [0.3, 0.4) is 0 Å². The number of rotatable bonds is 1. The van der Waals surface area contributed by atoms with Gasteiger partial charge in [-0.05, 0) is 32.2 Å². The van der Waals surface area contributed by atoms with Crippen molar-refractivity contribution in [3.05, 3.63) is 11.6 Å². The molecule has 3 N–H and O–H groups in total. The molecule has 15 heavy (non-hydrogen) atoms. The van der Waals surface area contributed by atoms with Gasteiger partial charge in [-0.2, -0.15) is 5.10 Å². The molecule has 0 saturated carbocycles. The molecule has 1 aromatic heterocycles. The lowest BCUT2D eigenvalue weighted by molar-refractivity contribution is 0.420. The van der Waals surface area contributed by atoms with Gasteiger partial charge in [-0.15, -0.1) is 0 Å². The molecule has 0 radical (unpaired) electrons. The lowest BCUT2D eigenvalue weighted by Gasteiger charge is -2.17. The van der Waals surface area contributed by atoms with E-state index in [1.165, 1.54) is 6.42 Å². The summed E-state index contributed by atoms with van der Waals surface area (Å²) in [6.07, 6.45) is 4.53. The Balaban J connectivity index is 1.90. The summed E-state index contributed by atoms with van der Waals surface area (Å²) in [5.41, 5.74) is 6.01. The van der Waals surface area contributed by atoms with Crippen molar-refractivity contribution in [2.24, 2.45) is 5.73 Å². The first kappa shape index (κ1) is 9.30. The van der Waals surface area contributed by atoms with Gasteiger partial charge in [-0.3, -0.25) is 0 Å². The summed E-state index contributed by atoms with van der Waals surface area (Å²) in [5.74, 6) is 1.92. The first-order valence-corrected chi connectivity index (χ1v) is 5.78. The highest BCUT2D eigenvalue weighted by Gasteiger charge is 2.26. The maximum absolute atomic E-state index is 6.01. The Hall–Kier alpha value is -0.940. The van der Waals surface area contributed by atoms with Crippen LogP contribution < -0.4 is 11.1 Å². The number of nitrogens with two attached hydrogens (primary N) is 1. The molecule has 1 saturated heterocycles. The van der Waals surface area contributed by atoms with Crippen LogP contribution in [0.1, 0.15) is 49.4 Å². The minimum atomic E-state index is 0.0846. The lowest BCUT2D eigenvalue weighted by atomic mass is 10.1. The third kappa shape index (κ3) is 1.55. The quantitative estimate of drug-likeness (QED) is 0.703. The average molecular weight is 207 g/mol. The second-order valence-corrected chi connectivity index (χ2v) is 4.45. The molecule has 5 nitrogen and oxygen atoms in total. The number of hydrogen-bond acceptors (Lipinski definition) is 4. The summed E-state index contributed by atoms with van der Waals surface area (Å²) in [7, 11) is 0. The average Bonchev–Trinajstić information content (AvgIpc) is 2.86. The summed E-state index contributed by atoms with van der Waals surface area (Å²) in [5, 5.41) is 7.96.